The van der Waals surface area contributed by atoms with E-state index in [1.165, 1.54) is 76.2 Å². The predicted octanol–water partition coefficient (Wildman–Crippen LogP) is 6.79. The lowest BCUT2D eigenvalue weighted by Gasteiger charge is -2.28. The van der Waals surface area contributed by atoms with E-state index in [0.29, 0.717) is 6.61 Å². The first kappa shape index (κ1) is 29.2. The fourth-order valence-electron chi connectivity index (χ4n) is 3.91. The molecule has 0 rings (SSSR count). The van der Waals surface area contributed by atoms with Crippen molar-refractivity contribution in [3.05, 3.63) is 38.0 Å². The summed E-state index contributed by atoms with van der Waals surface area (Å²) in [5, 5.41) is 2.46. The lowest BCUT2D eigenvalue weighted by molar-refractivity contribution is -0.143. The van der Waals surface area contributed by atoms with Crippen molar-refractivity contribution in [3.63, 3.8) is 0 Å². The summed E-state index contributed by atoms with van der Waals surface area (Å²) < 4.78 is 9.60. The van der Waals surface area contributed by atoms with Crippen LogP contribution in [0.2, 0.25) is 24.2 Å². The zero-order valence-corrected chi connectivity index (χ0v) is 20.8. The van der Waals surface area contributed by atoms with Crippen LogP contribution in [0.25, 0.3) is 0 Å². The number of nitrogens with one attached hydrogen (secondary N) is 1. The molecule has 0 spiro atoms. The molecule has 0 radical (unpaired) electrons. The van der Waals surface area contributed by atoms with Gasteiger partial charge in [-0.3, -0.25) is 4.79 Å². The van der Waals surface area contributed by atoms with Crippen LogP contribution in [0.1, 0.15) is 64.2 Å². The number of methoxy groups -OCH3 is 1. The van der Waals surface area contributed by atoms with Crippen LogP contribution in [0.15, 0.2) is 38.0 Å². The van der Waals surface area contributed by atoms with Crippen LogP contribution in [-0.2, 0) is 14.3 Å². The Morgan fingerprint density at radius 3 is 1.77 bits per heavy atom. The van der Waals surface area contributed by atoms with Gasteiger partial charge in [-0.25, -0.2) is 4.79 Å². The Balaban J connectivity index is 3.60. The first-order valence-corrected chi connectivity index (χ1v) is 14.7. The second kappa shape index (κ2) is 20.1. The molecule has 0 bridgehead atoms. The smallest absolute Gasteiger partial charge is 0.406 e. The summed E-state index contributed by atoms with van der Waals surface area (Å²) in [6.07, 6.45) is 16.9. The molecule has 0 aromatic heterocycles. The molecule has 0 heterocycles. The molecule has 0 aromatic rings. The highest BCUT2D eigenvalue weighted by Crippen LogP contribution is 2.30. The van der Waals surface area contributed by atoms with E-state index in [4.69, 9.17) is 4.74 Å². The van der Waals surface area contributed by atoms with Crippen molar-refractivity contribution >= 4 is 20.1 Å². The number of rotatable bonds is 21. The molecule has 178 valence electrons. The Kier molecular flexibility index (Phi) is 18.9. The van der Waals surface area contributed by atoms with Gasteiger partial charge in [0, 0.05) is 6.54 Å². The third-order valence-corrected chi connectivity index (χ3v) is 10.5. The molecule has 0 atom stereocenters. The van der Waals surface area contributed by atoms with E-state index in [1.807, 2.05) is 0 Å². The maximum absolute atomic E-state index is 11.5. The van der Waals surface area contributed by atoms with E-state index in [1.54, 1.807) is 0 Å². The molecular formula is C25H45NO4Si. The zero-order chi connectivity index (χ0) is 23.2. The molecule has 0 unspecified atom stereocenters. The molecule has 0 aliphatic carbocycles. The number of hydrogen-bond donors (Lipinski definition) is 1. The van der Waals surface area contributed by atoms with Crippen molar-refractivity contribution in [2.45, 2.75) is 88.4 Å². The minimum atomic E-state index is -1.33. The highest BCUT2D eigenvalue weighted by atomic mass is 28.3. The number of esters is 1. The molecule has 0 saturated heterocycles. The first-order valence-electron chi connectivity index (χ1n) is 11.8. The number of carbonyl (C=O) groups is 2. The van der Waals surface area contributed by atoms with Gasteiger partial charge in [0.05, 0.1) is 28.2 Å². The maximum Gasteiger partial charge on any atom is 0.406 e. The van der Waals surface area contributed by atoms with Gasteiger partial charge in [0.2, 0.25) is 0 Å². The van der Waals surface area contributed by atoms with Gasteiger partial charge in [0.15, 0.2) is 0 Å². The number of carbonyl (C=O) groups excluding carboxylic acids is 2. The first-order chi connectivity index (χ1) is 15.0. The summed E-state index contributed by atoms with van der Waals surface area (Å²) in [5.41, 5.74) is 0. The van der Waals surface area contributed by atoms with Crippen LogP contribution >= 0.6 is 0 Å². The van der Waals surface area contributed by atoms with Crippen LogP contribution < -0.4 is 5.32 Å². The van der Waals surface area contributed by atoms with Gasteiger partial charge in [-0.15, -0.1) is 19.7 Å². The fraction of sp³-hybridized carbons (Fsp3) is 0.680. The Morgan fingerprint density at radius 1 is 0.806 bits per heavy atom. The summed E-state index contributed by atoms with van der Waals surface area (Å²) in [7, 11) is -0.0349. The number of amides is 1. The SMILES string of the molecule is C=CC[Si](CC=C)(CC=C)CCCCCCCCCCCOC(=O)CCNC(=O)OC. The van der Waals surface area contributed by atoms with Gasteiger partial charge >= 0.3 is 12.1 Å². The molecule has 1 N–H and O–H groups in total. The van der Waals surface area contributed by atoms with Crippen molar-refractivity contribution in [3.8, 4) is 0 Å². The van der Waals surface area contributed by atoms with Crippen molar-refractivity contribution in [2.24, 2.45) is 0 Å². The number of hydrogen-bond acceptors (Lipinski definition) is 4. The topological polar surface area (TPSA) is 64.6 Å². The minimum absolute atomic E-state index is 0.174. The summed E-state index contributed by atoms with van der Waals surface area (Å²) in [4.78, 5) is 22.4. The van der Waals surface area contributed by atoms with Gasteiger partial charge in [0.1, 0.15) is 0 Å². The Bertz CT molecular complexity index is 495. The van der Waals surface area contributed by atoms with Gasteiger partial charge in [-0.2, -0.15) is 0 Å². The summed E-state index contributed by atoms with van der Waals surface area (Å²) >= 11 is 0. The maximum atomic E-state index is 11.5. The van der Waals surface area contributed by atoms with Gasteiger partial charge in [-0.05, 0) is 24.6 Å². The Labute approximate surface area is 191 Å². The molecule has 1 amide bonds. The van der Waals surface area contributed by atoms with Gasteiger partial charge in [0.25, 0.3) is 0 Å². The minimum Gasteiger partial charge on any atom is -0.466 e. The fourth-order valence-corrected chi connectivity index (χ4v) is 7.86. The normalized spacial score (nSPS) is 10.9. The second-order valence-electron chi connectivity index (χ2n) is 8.30. The van der Waals surface area contributed by atoms with Crippen LogP contribution in [0, 0.1) is 0 Å². The van der Waals surface area contributed by atoms with Crippen molar-refractivity contribution in [1.82, 2.24) is 5.32 Å². The van der Waals surface area contributed by atoms with Crippen LogP contribution in [0.3, 0.4) is 0 Å². The van der Waals surface area contributed by atoms with E-state index in [2.05, 4.69) is 48.0 Å². The molecule has 0 aliphatic rings. The van der Waals surface area contributed by atoms with E-state index >= 15 is 0 Å². The number of unbranched alkanes of at least 4 members (excludes halogenated alkanes) is 8. The second-order valence-corrected chi connectivity index (χ2v) is 13.0. The average molecular weight is 452 g/mol. The van der Waals surface area contributed by atoms with E-state index in [-0.39, 0.29) is 18.9 Å². The monoisotopic (exact) mass is 451 g/mol. The van der Waals surface area contributed by atoms with Crippen LogP contribution in [0.5, 0.6) is 0 Å². The molecule has 0 aliphatic heterocycles. The van der Waals surface area contributed by atoms with Gasteiger partial charge < -0.3 is 14.8 Å². The Morgan fingerprint density at radius 2 is 1.29 bits per heavy atom. The highest BCUT2D eigenvalue weighted by molar-refractivity contribution is 6.81. The van der Waals surface area contributed by atoms with E-state index in [0.717, 1.165) is 12.8 Å². The highest BCUT2D eigenvalue weighted by Gasteiger charge is 2.27. The van der Waals surface area contributed by atoms with E-state index < -0.39 is 14.2 Å². The number of ether oxygens (including phenoxy) is 2. The summed E-state index contributed by atoms with van der Waals surface area (Å²) in [5.74, 6) is -0.280. The summed E-state index contributed by atoms with van der Waals surface area (Å²) in [6.45, 7) is 12.6. The zero-order valence-electron chi connectivity index (χ0n) is 19.8. The Hall–Kier alpha value is -1.82. The molecule has 0 saturated carbocycles. The molecule has 0 fully saturated rings. The summed E-state index contributed by atoms with van der Waals surface area (Å²) in [6, 6.07) is 4.87. The van der Waals surface area contributed by atoms with Crippen molar-refractivity contribution < 1.29 is 19.1 Å². The average Bonchev–Trinajstić information content (AvgIpc) is 2.75. The van der Waals surface area contributed by atoms with Crippen LogP contribution in [-0.4, -0.2) is 40.4 Å². The molecule has 5 nitrogen and oxygen atoms in total. The molecular weight excluding hydrogens is 406 g/mol. The lowest BCUT2D eigenvalue weighted by atomic mass is 10.1. The van der Waals surface area contributed by atoms with Crippen LogP contribution in [0.4, 0.5) is 4.79 Å². The third kappa shape index (κ3) is 16.5. The molecule has 0 aromatic carbocycles. The van der Waals surface area contributed by atoms with Gasteiger partial charge in [-0.1, -0.05) is 75.6 Å². The van der Waals surface area contributed by atoms with Crippen molar-refractivity contribution in [2.75, 3.05) is 20.3 Å². The molecule has 6 heteroatoms. The molecule has 31 heavy (non-hydrogen) atoms. The van der Waals surface area contributed by atoms with Crippen molar-refractivity contribution in [1.29, 1.82) is 0 Å². The van der Waals surface area contributed by atoms with E-state index in [9.17, 15) is 9.59 Å². The quantitative estimate of drug-likeness (QED) is 0.0902. The predicted molar refractivity (Wildman–Crippen MR) is 133 cm³/mol. The largest absolute Gasteiger partial charge is 0.466 e. The number of alkyl carbamates (subject to hydrolysis) is 1. The lowest BCUT2D eigenvalue weighted by Crippen LogP contribution is -2.31. The third-order valence-electron chi connectivity index (χ3n) is 5.63. The number of allylic oxidation sites excluding steroid dienone is 3. The standard InChI is InChI=1S/C25H45NO4Si/c1-5-20-31(21-6-2,22-7-3)23-16-14-12-10-8-9-11-13-15-19-30-24(27)17-18-26-25(28)29-4/h5-7H,1-3,8-23H2,4H3,(H,26,28).